The van der Waals surface area contributed by atoms with Crippen LogP contribution in [0.1, 0.15) is 35.7 Å². The lowest BCUT2D eigenvalue weighted by molar-refractivity contribution is 0.0626. The molecule has 1 atom stereocenters. The highest BCUT2D eigenvalue weighted by Crippen LogP contribution is 2.35. The van der Waals surface area contributed by atoms with E-state index in [1.165, 1.54) is 12.1 Å². The van der Waals surface area contributed by atoms with Gasteiger partial charge in [0.2, 0.25) is 5.56 Å². The Labute approximate surface area is 166 Å². The highest BCUT2D eigenvalue weighted by molar-refractivity contribution is 6.30. The summed E-state index contributed by atoms with van der Waals surface area (Å²) in [5.74, 6) is -0.629. The highest BCUT2D eigenvalue weighted by atomic mass is 35.5. The Morgan fingerprint density at radius 2 is 2.04 bits per heavy atom. The molecule has 0 aliphatic carbocycles. The number of carbonyl (C=O) groups excluding carboxylic acids is 1. The number of H-pyrrole nitrogens is 1. The summed E-state index contributed by atoms with van der Waals surface area (Å²) in [6.45, 7) is 2.62. The van der Waals surface area contributed by atoms with E-state index in [1.807, 2.05) is 30.0 Å². The van der Waals surface area contributed by atoms with Crippen LogP contribution in [0.2, 0.25) is 5.02 Å². The molecule has 4 rings (SSSR count). The zero-order valence-corrected chi connectivity index (χ0v) is 16.2. The van der Waals surface area contributed by atoms with Gasteiger partial charge in [0, 0.05) is 29.1 Å². The van der Waals surface area contributed by atoms with Gasteiger partial charge in [0.15, 0.2) is 0 Å². The number of fused-ring (bicyclic) bond motifs is 1. The maximum atomic E-state index is 13.9. The molecule has 1 fully saturated rings. The second-order valence-electron chi connectivity index (χ2n) is 7.58. The summed E-state index contributed by atoms with van der Waals surface area (Å²) in [7, 11) is 0. The number of benzene rings is 2. The molecule has 1 aliphatic heterocycles. The molecule has 1 unspecified atom stereocenters. The molecule has 6 heteroatoms. The Balaban J connectivity index is 1.71. The van der Waals surface area contributed by atoms with Crippen LogP contribution >= 0.6 is 11.6 Å². The summed E-state index contributed by atoms with van der Waals surface area (Å²) in [5, 5.41) is 0.808. The highest BCUT2D eigenvalue weighted by Gasteiger charge is 2.40. The summed E-state index contributed by atoms with van der Waals surface area (Å²) < 4.78 is 13.9. The normalized spacial score (nSPS) is 19.3. The van der Waals surface area contributed by atoms with Gasteiger partial charge >= 0.3 is 0 Å². The summed E-state index contributed by atoms with van der Waals surface area (Å²) in [6, 6.07) is 13.4. The quantitative estimate of drug-likeness (QED) is 0.703. The number of carbonyl (C=O) groups is 1. The number of pyridine rings is 1. The fourth-order valence-corrected chi connectivity index (χ4v) is 4.29. The molecule has 1 saturated heterocycles. The SMILES string of the molecule is CC1(Cc2ccc(Cl)c(F)c2)CCCN1C(=O)c1cc(=O)[nH]c2ccccc12. The Kier molecular flexibility index (Phi) is 4.71. The lowest BCUT2D eigenvalue weighted by Crippen LogP contribution is -2.46. The van der Waals surface area contributed by atoms with Crippen LogP contribution in [0.3, 0.4) is 0 Å². The van der Waals surface area contributed by atoms with E-state index >= 15 is 0 Å². The lowest BCUT2D eigenvalue weighted by atomic mass is 9.89. The molecule has 0 spiro atoms. The van der Waals surface area contributed by atoms with Gasteiger partial charge in [0.1, 0.15) is 5.82 Å². The standard InChI is InChI=1S/C22H20ClFN2O2/c1-22(13-14-7-8-17(23)18(24)11-14)9-4-10-26(22)21(28)16-12-20(27)25-19-6-3-2-5-15(16)19/h2-3,5-8,11-12H,4,9-10,13H2,1H3,(H,25,27). The van der Waals surface area contributed by atoms with Crippen molar-refractivity contribution in [2.45, 2.75) is 31.7 Å². The second kappa shape index (κ2) is 7.06. The first-order chi connectivity index (χ1) is 13.4. The van der Waals surface area contributed by atoms with Crippen LogP contribution in [0, 0.1) is 5.82 Å². The molecular formula is C22H20ClFN2O2. The predicted octanol–water partition coefficient (Wildman–Crippen LogP) is 4.56. The number of aromatic nitrogens is 1. The number of rotatable bonds is 3. The van der Waals surface area contributed by atoms with Crippen molar-refractivity contribution >= 4 is 28.4 Å². The van der Waals surface area contributed by atoms with Gasteiger partial charge in [0.05, 0.1) is 10.6 Å². The van der Waals surface area contributed by atoms with Crippen molar-refractivity contribution in [3.8, 4) is 0 Å². The van der Waals surface area contributed by atoms with E-state index in [2.05, 4.69) is 4.98 Å². The first-order valence-corrected chi connectivity index (χ1v) is 9.63. The molecular weight excluding hydrogens is 379 g/mol. The van der Waals surface area contributed by atoms with Crippen LogP contribution in [0.4, 0.5) is 4.39 Å². The zero-order valence-electron chi connectivity index (χ0n) is 15.5. The molecule has 3 aromatic rings. The summed E-state index contributed by atoms with van der Waals surface area (Å²) in [4.78, 5) is 30.1. The maximum Gasteiger partial charge on any atom is 0.255 e. The molecule has 1 amide bonds. The van der Waals surface area contributed by atoms with Crippen molar-refractivity contribution in [3.05, 3.63) is 80.9 Å². The fourth-order valence-electron chi connectivity index (χ4n) is 4.17. The van der Waals surface area contributed by atoms with E-state index in [1.54, 1.807) is 18.2 Å². The first-order valence-electron chi connectivity index (χ1n) is 9.25. The van der Waals surface area contributed by atoms with Gasteiger partial charge in [-0.1, -0.05) is 35.9 Å². The molecule has 28 heavy (non-hydrogen) atoms. The molecule has 0 radical (unpaired) electrons. The Morgan fingerprint density at radius 3 is 2.82 bits per heavy atom. The van der Waals surface area contributed by atoms with Crippen molar-refractivity contribution in [1.29, 1.82) is 0 Å². The molecule has 1 N–H and O–H groups in total. The molecule has 2 aromatic carbocycles. The van der Waals surface area contributed by atoms with Crippen LogP contribution in [0.15, 0.2) is 53.3 Å². The molecule has 144 valence electrons. The minimum Gasteiger partial charge on any atom is -0.333 e. The third kappa shape index (κ3) is 3.31. The van der Waals surface area contributed by atoms with E-state index in [0.717, 1.165) is 23.8 Å². The molecule has 4 nitrogen and oxygen atoms in total. The monoisotopic (exact) mass is 398 g/mol. The van der Waals surface area contributed by atoms with Crippen LogP contribution in [-0.2, 0) is 6.42 Å². The topological polar surface area (TPSA) is 53.2 Å². The number of halogens is 2. The largest absolute Gasteiger partial charge is 0.333 e. The van der Waals surface area contributed by atoms with Crippen LogP contribution < -0.4 is 5.56 Å². The molecule has 0 saturated carbocycles. The van der Waals surface area contributed by atoms with Crippen LogP contribution in [-0.4, -0.2) is 27.9 Å². The number of aromatic amines is 1. The summed E-state index contributed by atoms with van der Waals surface area (Å²) in [6.07, 6.45) is 2.19. The van der Waals surface area contributed by atoms with E-state index < -0.39 is 11.4 Å². The molecule has 0 bridgehead atoms. The first kappa shape index (κ1) is 18.7. The number of likely N-dealkylation sites (tertiary alicyclic amines) is 1. The molecule has 1 aromatic heterocycles. The minimum absolute atomic E-state index is 0.0863. The van der Waals surface area contributed by atoms with Crippen molar-refractivity contribution in [3.63, 3.8) is 0 Å². The van der Waals surface area contributed by atoms with Gasteiger partial charge in [-0.2, -0.15) is 0 Å². The maximum absolute atomic E-state index is 13.9. The number of amides is 1. The van der Waals surface area contributed by atoms with Crippen molar-refractivity contribution < 1.29 is 9.18 Å². The zero-order chi connectivity index (χ0) is 19.9. The minimum atomic E-state index is -0.459. The van der Waals surface area contributed by atoms with E-state index in [0.29, 0.717) is 24.0 Å². The second-order valence-corrected chi connectivity index (χ2v) is 7.98. The average Bonchev–Trinajstić information content (AvgIpc) is 3.04. The summed E-state index contributed by atoms with van der Waals surface area (Å²) in [5.41, 5.74) is 1.07. The lowest BCUT2D eigenvalue weighted by Gasteiger charge is -2.36. The van der Waals surface area contributed by atoms with Gasteiger partial charge in [-0.3, -0.25) is 9.59 Å². The van der Waals surface area contributed by atoms with E-state index in [4.69, 9.17) is 11.6 Å². The molecule has 2 heterocycles. The third-order valence-corrected chi connectivity index (χ3v) is 5.85. The average molecular weight is 399 g/mol. The van der Waals surface area contributed by atoms with Crippen molar-refractivity contribution in [2.75, 3.05) is 6.54 Å². The van der Waals surface area contributed by atoms with Crippen molar-refractivity contribution in [2.24, 2.45) is 0 Å². The number of hydrogen-bond acceptors (Lipinski definition) is 2. The Hall–Kier alpha value is -2.66. The fraction of sp³-hybridized carbons (Fsp3) is 0.273. The number of nitrogens with one attached hydrogen (secondary N) is 1. The number of nitrogens with zero attached hydrogens (tertiary/aromatic N) is 1. The van der Waals surface area contributed by atoms with Gasteiger partial charge in [-0.25, -0.2) is 4.39 Å². The van der Waals surface area contributed by atoms with Gasteiger partial charge in [-0.15, -0.1) is 0 Å². The summed E-state index contributed by atoms with van der Waals surface area (Å²) >= 11 is 5.79. The van der Waals surface area contributed by atoms with E-state index in [9.17, 15) is 14.0 Å². The van der Waals surface area contributed by atoms with Gasteiger partial charge in [0.25, 0.3) is 5.91 Å². The van der Waals surface area contributed by atoms with Gasteiger partial charge in [-0.05, 0) is 49.9 Å². The molecule has 1 aliphatic rings. The Bertz CT molecular complexity index is 1130. The predicted molar refractivity (Wildman–Crippen MR) is 108 cm³/mol. The van der Waals surface area contributed by atoms with Gasteiger partial charge < -0.3 is 9.88 Å². The Morgan fingerprint density at radius 1 is 1.25 bits per heavy atom. The van der Waals surface area contributed by atoms with E-state index in [-0.39, 0.29) is 16.5 Å². The van der Waals surface area contributed by atoms with Crippen molar-refractivity contribution in [1.82, 2.24) is 9.88 Å². The third-order valence-electron chi connectivity index (χ3n) is 5.54. The number of para-hydroxylation sites is 1. The smallest absolute Gasteiger partial charge is 0.255 e. The van der Waals surface area contributed by atoms with Crippen LogP contribution in [0.5, 0.6) is 0 Å². The number of hydrogen-bond donors (Lipinski definition) is 1. The van der Waals surface area contributed by atoms with Crippen LogP contribution in [0.25, 0.3) is 10.9 Å².